The molecule has 0 aromatic rings. The average Bonchev–Trinajstić information content (AvgIpc) is 2.50. The molecule has 0 amide bonds. The first-order chi connectivity index (χ1) is 11.2. The summed E-state index contributed by atoms with van der Waals surface area (Å²) in [5, 5.41) is 0. The van der Waals surface area contributed by atoms with Gasteiger partial charge in [-0.25, -0.2) is 4.79 Å². The summed E-state index contributed by atoms with van der Waals surface area (Å²) in [7, 11) is 2.40. The second kappa shape index (κ2) is 9.50. The molecule has 0 fully saturated rings. The van der Waals surface area contributed by atoms with Crippen molar-refractivity contribution in [2.45, 2.75) is 45.3 Å². The first-order valence-corrected chi connectivity index (χ1v) is 10.4. The van der Waals surface area contributed by atoms with E-state index in [1.807, 2.05) is 31.7 Å². The Morgan fingerprint density at radius 3 is 2.38 bits per heavy atom. The molecule has 140 valence electrons. The van der Waals surface area contributed by atoms with E-state index in [1.54, 1.807) is 21.3 Å². The van der Waals surface area contributed by atoms with E-state index in [1.165, 1.54) is 0 Å². The maximum absolute atomic E-state index is 11.9. The van der Waals surface area contributed by atoms with E-state index in [0.29, 0.717) is 6.54 Å². The summed E-state index contributed by atoms with van der Waals surface area (Å²) in [5.74, 6) is -0.190. The van der Waals surface area contributed by atoms with E-state index in [4.69, 9.17) is 18.0 Å². The summed E-state index contributed by atoms with van der Waals surface area (Å²) in [4.78, 5) is 14.2. The van der Waals surface area contributed by atoms with Crippen LogP contribution in [-0.4, -0.2) is 83.7 Å². The van der Waals surface area contributed by atoms with Crippen LogP contribution in [0.4, 0.5) is 0 Å². The Morgan fingerprint density at radius 1 is 1.21 bits per heavy atom. The molecule has 1 aliphatic heterocycles. The Labute approximate surface area is 146 Å². The molecule has 1 rings (SSSR count). The van der Waals surface area contributed by atoms with E-state index in [0.717, 1.165) is 38.5 Å². The van der Waals surface area contributed by atoms with Gasteiger partial charge in [0.25, 0.3) is 0 Å². The van der Waals surface area contributed by atoms with Crippen molar-refractivity contribution in [1.82, 2.24) is 4.90 Å². The van der Waals surface area contributed by atoms with Crippen LogP contribution in [0.3, 0.4) is 0 Å². The summed E-state index contributed by atoms with van der Waals surface area (Å²) in [6, 6.07) is 0.771. The minimum Gasteiger partial charge on any atom is -0.457 e. The van der Waals surface area contributed by atoms with Crippen LogP contribution in [0.5, 0.6) is 0 Å². The predicted molar refractivity (Wildman–Crippen MR) is 94.3 cm³/mol. The molecule has 1 heterocycles. The Morgan fingerprint density at radius 2 is 1.83 bits per heavy atom. The van der Waals surface area contributed by atoms with E-state index < -0.39 is 14.4 Å². The molecule has 0 saturated carbocycles. The van der Waals surface area contributed by atoms with E-state index in [-0.39, 0.29) is 5.97 Å². The fourth-order valence-electron chi connectivity index (χ4n) is 2.71. The lowest BCUT2D eigenvalue weighted by atomic mass is 10.2. The van der Waals surface area contributed by atoms with Crippen molar-refractivity contribution in [3.8, 4) is 0 Å². The summed E-state index contributed by atoms with van der Waals surface area (Å²) in [5.41, 5.74) is -0.443. The monoisotopic (exact) mass is 361 g/mol. The van der Waals surface area contributed by atoms with Crippen molar-refractivity contribution in [2.75, 3.05) is 47.5 Å². The van der Waals surface area contributed by atoms with Crippen LogP contribution in [0.1, 0.15) is 33.6 Å². The highest BCUT2D eigenvalue weighted by molar-refractivity contribution is 6.60. The molecule has 1 aliphatic rings. The number of hydrogen-bond acceptors (Lipinski definition) is 6. The number of esters is 1. The van der Waals surface area contributed by atoms with Crippen LogP contribution in [0.2, 0.25) is 6.04 Å². The van der Waals surface area contributed by atoms with Crippen molar-refractivity contribution in [3.63, 3.8) is 0 Å². The zero-order chi connectivity index (χ0) is 18.2. The standard InChI is InChI=1S/C16H33N2O5Si/c1-16(2,3)23-15(19)13-18-10-7-9-17(14-18)11-8-12-24(20-4,21-5)22-6/h14H,7-13H2,1-6H3/q+1. The van der Waals surface area contributed by atoms with Gasteiger partial charge in [-0.1, -0.05) is 0 Å². The molecule has 0 aromatic heterocycles. The first-order valence-electron chi connectivity index (χ1n) is 8.44. The lowest BCUT2D eigenvalue weighted by molar-refractivity contribution is -0.524. The second-order valence-corrected chi connectivity index (χ2v) is 10.1. The lowest BCUT2D eigenvalue weighted by Crippen LogP contribution is -2.44. The minimum absolute atomic E-state index is 0.190. The second-order valence-electron chi connectivity index (χ2n) is 6.96. The van der Waals surface area contributed by atoms with Gasteiger partial charge < -0.3 is 18.0 Å². The highest BCUT2D eigenvalue weighted by Crippen LogP contribution is 2.15. The van der Waals surface area contributed by atoms with E-state index >= 15 is 0 Å². The lowest BCUT2D eigenvalue weighted by Gasteiger charge is -2.25. The number of carbonyl (C=O) groups excluding carboxylic acids is 1. The van der Waals surface area contributed by atoms with Crippen molar-refractivity contribution in [3.05, 3.63) is 0 Å². The minimum atomic E-state index is -2.50. The Hall–Kier alpha value is -0.963. The molecule has 8 heteroatoms. The highest BCUT2D eigenvalue weighted by Gasteiger charge is 2.37. The van der Waals surface area contributed by atoms with Gasteiger partial charge in [0, 0.05) is 33.8 Å². The Balaban J connectivity index is 2.48. The van der Waals surface area contributed by atoms with Gasteiger partial charge >= 0.3 is 14.8 Å². The van der Waals surface area contributed by atoms with Crippen molar-refractivity contribution in [2.24, 2.45) is 0 Å². The molecule has 0 N–H and O–H groups in total. The molecule has 0 unspecified atom stereocenters. The first kappa shape index (κ1) is 21.1. The number of carbonyl (C=O) groups is 1. The van der Waals surface area contributed by atoms with E-state index in [2.05, 4.69) is 4.90 Å². The topological polar surface area (TPSA) is 60.2 Å². The summed E-state index contributed by atoms with van der Waals surface area (Å²) >= 11 is 0. The SMILES string of the molecule is CO[Si](CCCN1C=[N+](CC(=O)OC(C)(C)C)CCC1)(OC)OC. The predicted octanol–water partition coefficient (Wildman–Crippen LogP) is 1.34. The fourth-order valence-corrected chi connectivity index (χ4v) is 4.41. The van der Waals surface area contributed by atoms with Crippen LogP contribution in [0, 0.1) is 0 Å². The summed E-state index contributed by atoms with van der Waals surface area (Å²) in [6.45, 7) is 8.70. The van der Waals surface area contributed by atoms with Gasteiger partial charge in [-0.2, -0.15) is 0 Å². The van der Waals surface area contributed by atoms with Crippen LogP contribution >= 0.6 is 0 Å². The maximum atomic E-state index is 11.9. The normalized spacial score (nSPS) is 16.1. The molecule has 0 aliphatic carbocycles. The number of nitrogens with zero attached hydrogens (tertiary/aromatic N) is 2. The Bertz CT molecular complexity index is 424. The van der Waals surface area contributed by atoms with Crippen LogP contribution < -0.4 is 0 Å². The molecule has 0 bridgehead atoms. The number of ether oxygens (including phenoxy) is 1. The van der Waals surface area contributed by atoms with E-state index in [9.17, 15) is 4.79 Å². The van der Waals surface area contributed by atoms with Crippen molar-refractivity contribution < 1.29 is 27.4 Å². The molecule has 0 saturated heterocycles. The number of rotatable bonds is 9. The highest BCUT2D eigenvalue weighted by atomic mass is 28.4. The largest absolute Gasteiger partial charge is 0.500 e. The van der Waals surface area contributed by atoms with Crippen molar-refractivity contribution in [1.29, 1.82) is 0 Å². The van der Waals surface area contributed by atoms with Gasteiger partial charge in [-0.05, 0) is 27.2 Å². The molecule has 24 heavy (non-hydrogen) atoms. The number of hydrogen-bond donors (Lipinski definition) is 0. The maximum Gasteiger partial charge on any atom is 0.500 e. The molecule has 0 aromatic carbocycles. The third kappa shape index (κ3) is 7.29. The molecule has 0 atom stereocenters. The molecule has 0 radical (unpaired) electrons. The smallest absolute Gasteiger partial charge is 0.457 e. The van der Waals surface area contributed by atoms with Crippen LogP contribution in [-0.2, 0) is 22.8 Å². The zero-order valence-corrected chi connectivity index (χ0v) is 17.0. The molecule has 0 spiro atoms. The third-order valence-electron chi connectivity index (χ3n) is 3.83. The van der Waals surface area contributed by atoms with Gasteiger partial charge in [-0.15, -0.1) is 0 Å². The van der Waals surface area contributed by atoms with Gasteiger partial charge in [0.15, 0.2) is 6.54 Å². The quantitative estimate of drug-likeness (QED) is 0.351. The summed E-state index contributed by atoms with van der Waals surface area (Å²) < 4.78 is 23.7. The van der Waals surface area contributed by atoms with Gasteiger partial charge in [-0.3, -0.25) is 9.48 Å². The zero-order valence-electron chi connectivity index (χ0n) is 16.0. The molecular formula is C16H33N2O5Si+. The van der Waals surface area contributed by atoms with Gasteiger partial charge in [0.1, 0.15) is 5.60 Å². The van der Waals surface area contributed by atoms with Crippen LogP contribution in [0.25, 0.3) is 0 Å². The van der Waals surface area contributed by atoms with Crippen LogP contribution in [0.15, 0.2) is 0 Å². The van der Waals surface area contributed by atoms with Crippen molar-refractivity contribution >= 4 is 21.1 Å². The Kier molecular flexibility index (Phi) is 8.35. The van der Waals surface area contributed by atoms with Gasteiger partial charge in [0.2, 0.25) is 6.34 Å². The fraction of sp³-hybridized carbons (Fsp3) is 0.875. The molecular weight excluding hydrogens is 328 g/mol. The van der Waals surface area contributed by atoms with Gasteiger partial charge in [0.05, 0.1) is 19.6 Å². The summed E-state index contributed by atoms with van der Waals surface area (Å²) in [6.07, 6.45) is 3.97. The molecule has 7 nitrogen and oxygen atoms in total. The third-order valence-corrected chi connectivity index (χ3v) is 6.66. The average molecular weight is 362 g/mol.